The molecule has 1 aromatic rings. The number of aromatic nitrogens is 3. The van der Waals surface area contributed by atoms with Gasteiger partial charge in [0.1, 0.15) is 0 Å². The second-order valence-electron chi connectivity index (χ2n) is 5.68. The lowest BCUT2D eigenvalue weighted by molar-refractivity contribution is 0.139. The van der Waals surface area contributed by atoms with E-state index in [2.05, 4.69) is 32.2 Å². The number of anilines is 1. The lowest BCUT2D eigenvalue weighted by atomic mass is 9.91. The van der Waals surface area contributed by atoms with Crippen molar-refractivity contribution in [3.8, 4) is 6.01 Å². The van der Waals surface area contributed by atoms with E-state index in [0.717, 1.165) is 18.6 Å². The fraction of sp³-hybridized carbons (Fsp3) is 0.769. The number of hydrogen-bond acceptors (Lipinski definition) is 6. The minimum atomic E-state index is 0.155. The van der Waals surface area contributed by atoms with E-state index in [1.165, 1.54) is 32.8 Å². The Morgan fingerprint density at radius 1 is 1.25 bits per heavy atom. The molecule has 0 aliphatic carbocycles. The van der Waals surface area contributed by atoms with Crippen molar-refractivity contribution >= 4 is 17.5 Å². The molecule has 6 nitrogen and oxygen atoms in total. The van der Waals surface area contributed by atoms with Crippen LogP contribution >= 0.6 is 11.6 Å². The van der Waals surface area contributed by atoms with Gasteiger partial charge in [0, 0.05) is 18.6 Å². The third-order valence-corrected chi connectivity index (χ3v) is 4.68. The first-order chi connectivity index (χ1) is 9.65. The number of hydrogen-bond donors (Lipinski definition) is 1. The summed E-state index contributed by atoms with van der Waals surface area (Å²) in [5.41, 5.74) is 0. The zero-order chi connectivity index (χ0) is 14.1. The molecule has 3 rings (SSSR count). The normalized spacial score (nSPS) is 29.4. The van der Waals surface area contributed by atoms with Gasteiger partial charge in [-0.15, -0.1) is 0 Å². The molecule has 1 aromatic heterocycles. The average molecular weight is 298 g/mol. The highest BCUT2D eigenvalue weighted by molar-refractivity contribution is 6.28. The zero-order valence-corrected chi connectivity index (χ0v) is 12.6. The zero-order valence-electron chi connectivity index (χ0n) is 11.8. The van der Waals surface area contributed by atoms with Gasteiger partial charge in [-0.3, -0.25) is 0 Å². The third-order valence-electron chi connectivity index (χ3n) is 4.51. The van der Waals surface area contributed by atoms with Crippen LogP contribution in [0.25, 0.3) is 0 Å². The number of halogens is 1. The number of nitrogens with one attached hydrogen (secondary N) is 1. The molecule has 2 fully saturated rings. The Kier molecular flexibility index (Phi) is 3.94. The number of methoxy groups -OCH3 is 1. The van der Waals surface area contributed by atoms with E-state index in [1.807, 2.05) is 0 Å². The monoisotopic (exact) mass is 297 g/mol. The highest BCUT2D eigenvalue weighted by Crippen LogP contribution is 2.37. The quantitative estimate of drug-likeness (QED) is 0.914. The number of piperidine rings is 1. The summed E-state index contributed by atoms with van der Waals surface area (Å²) in [6.45, 7) is 0.879. The first kappa shape index (κ1) is 13.8. The van der Waals surface area contributed by atoms with Crippen molar-refractivity contribution in [2.24, 2.45) is 5.92 Å². The van der Waals surface area contributed by atoms with Gasteiger partial charge in [0.25, 0.3) is 0 Å². The summed E-state index contributed by atoms with van der Waals surface area (Å²) >= 11 is 5.84. The van der Waals surface area contributed by atoms with Gasteiger partial charge in [-0.05, 0) is 50.2 Å². The fourth-order valence-corrected chi connectivity index (χ4v) is 3.58. The second-order valence-corrected chi connectivity index (χ2v) is 6.02. The highest BCUT2D eigenvalue weighted by atomic mass is 35.5. The lowest BCUT2D eigenvalue weighted by Gasteiger charge is -2.36. The first-order valence-electron chi connectivity index (χ1n) is 7.07. The van der Waals surface area contributed by atoms with Crippen LogP contribution in [0.4, 0.5) is 5.95 Å². The van der Waals surface area contributed by atoms with Crippen LogP contribution in [0.2, 0.25) is 5.28 Å². The molecule has 2 bridgehead atoms. The maximum absolute atomic E-state index is 5.84. The van der Waals surface area contributed by atoms with Crippen LogP contribution in [0.3, 0.4) is 0 Å². The van der Waals surface area contributed by atoms with Crippen molar-refractivity contribution in [3.63, 3.8) is 0 Å². The van der Waals surface area contributed by atoms with Gasteiger partial charge in [-0.2, -0.15) is 15.0 Å². The summed E-state index contributed by atoms with van der Waals surface area (Å²) in [6.07, 6.45) is 5.16. The molecule has 0 radical (unpaired) electrons. The number of rotatable bonds is 4. The van der Waals surface area contributed by atoms with Crippen LogP contribution in [0.1, 0.15) is 25.7 Å². The van der Waals surface area contributed by atoms with E-state index in [9.17, 15) is 0 Å². The van der Waals surface area contributed by atoms with Crippen LogP contribution < -0.4 is 10.1 Å². The minimum Gasteiger partial charge on any atom is -0.467 e. The molecule has 0 spiro atoms. The Hall–Kier alpha value is -1.14. The summed E-state index contributed by atoms with van der Waals surface area (Å²) in [5, 5.41) is 3.42. The second kappa shape index (κ2) is 5.69. The van der Waals surface area contributed by atoms with Crippen LogP contribution in [0.5, 0.6) is 6.01 Å². The van der Waals surface area contributed by atoms with Gasteiger partial charge in [0.2, 0.25) is 11.2 Å². The summed E-state index contributed by atoms with van der Waals surface area (Å²) in [5.74, 6) is 1.17. The SMILES string of the molecule is COc1nc(Cl)nc(NCC2CC3CCC(C2)N3C)n1. The highest BCUT2D eigenvalue weighted by Gasteiger charge is 2.38. The lowest BCUT2D eigenvalue weighted by Crippen LogP contribution is -2.41. The molecular formula is C13H20ClN5O. The topological polar surface area (TPSA) is 63.2 Å². The van der Waals surface area contributed by atoms with Gasteiger partial charge in [-0.25, -0.2) is 0 Å². The molecule has 2 atom stereocenters. The van der Waals surface area contributed by atoms with Gasteiger partial charge in [0.05, 0.1) is 7.11 Å². The third kappa shape index (κ3) is 2.81. The van der Waals surface area contributed by atoms with E-state index >= 15 is 0 Å². The first-order valence-corrected chi connectivity index (χ1v) is 7.45. The average Bonchev–Trinajstić information content (AvgIpc) is 2.66. The van der Waals surface area contributed by atoms with Crippen LogP contribution in [-0.2, 0) is 0 Å². The number of ether oxygens (including phenoxy) is 1. The van der Waals surface area contributed by atoms with E-state index in [4.69, 9.17) is 16.3 Å². The predicted octanol–water partition coefficient (Wildman–Crippen LogP) is 1.82. The van der Waals surface area contributed by atoms with Crippen molar-refractivity contribution in [2.75, 3.05) is 26.0 Å². The molecule has 2 saturated heterocycles. The molecule has 2 unspecified atom stereocenters. The number of fused-ring (bicyclic) bond motifs is 2. The van der Waals surface area contributed by atoms with Crippen molar-refractivity contribution < 1.29 is 4.74 Å². The van der Waals surface area contributed by atoms with Gasteiger partial charge >= 0.3 is 6.01 Å². The summed E-state index contributed by atoms with van der Waals surface area (Å²) in [4.78, 5) is 14.6. The van der Waals surface area contributed by atoms with Crippen LogP contribution in [-0.4, -0.2) is 52.6 Å². The van der Waals surface area contributed by atoms with Crippen molar-refractivity contribution in [3.05, 3.63) is 5.28 Å². The van der Waals surface area contributed by atoms with Crippen molar-refractivity contribution in [2.45, 2.75) is 37.8 Å². The molecule has 0 aromatic carbocycles. The van der Waals surface area contributed by atoms with Crippen LogP contribution in [0.15, 0.2) is 0 Å². The molecule has 2 aliphatic rings. The maximum atomic E-state index is 5.84. The Balaban J connectivity index is 1.59. The fourth-order valence-electron chi connectivity index (χ4n) is 3.43. The molecule has 3 heterocycles. The Labute approximate surface area is 123 Å². The molecule has 7 heteroatoms. The predicted molar refractivity (Wildman–Crippen MR) is 77.2 cm³/mol. The van der Waals surface area contributed by atoms with Crippen LogP contribution in [0, 0.1) is 5.92 Å². The van der Waals surface area contributed by atoms with Gasteiger partial charge in [0.15, 0.2) is 0 Å². The molecular weight excluding hydrogens is 278 g/mol. The van der Waals surface area contributed by atoms with E-state index in [1.54, 1.807) is 0 Å². The molecule has 110 valence electrons. The smallest absolute Gasteiger partial charge is 0.322 e. The summed E-state index contributed by atoms with van der Waals surface area (Å²) < 4.78 is 4.99. The largest absolute Gasteiger partial charge is 0.467 e. The minimum absolute atomic E-state index is 0.155. The number of nitrogens with zero attached hydrogens (tertiary/aromatic N) is 4. The Morgan fingerprint density at radius 2 is 1.95 bits per heavy atom. The van der Waals surface area contributed by atoms with Gasteiger partial charge < -0.3 is 15.0 Å². The van der Waals surface area contributed by atoms with E-state index < -0.39 is 0 Å². The standard InChI is InChI=1S/C13H20ClN5O/c1-19-9-3-4-10(19)6-8(5-9)7-15-12-16-11(14)17-13(18-12)20-2/h8-10H,3-7H2,1-2H3,(H,15,16,17,18). The maximum Gasteiger partial charge on any atom is 0.322 e. The molecule has 0 amide bonds. The Morgan fingerprint density at radius 3 is 2.60 bits per heavy atom. The Bertz CT molecular complexity index is 472. The van der Waals surface area contributed by atoms with Crippen molar-refractivity contribution in [1.29, 1.82) is 0 Å². The summed E-state index contributed by atoms with van der Waals surface area (Å²) in [6, 6.07) is 1.74. The van der Waals surface area contributed by atoms with E-state index in [0.29, 0.717) is 11.9 Å². The molecule has 20 heavy (non-hydrogen) atoms. The molecule has 2 aliphatic heterocycles. The van der Waals surface area contributed by atoms with E-state index in [-0.39, 0.29) is 11.3 Å². The van der Waals surface area contributed by atoms with Gasteiger partial charge in [-0.1, -0.05) is 0 Å². The van der Waals surface area contributed by atoms with Crippen molar-refractivity contribution in [1.82, 2.24) is 19.9 Å². The molecule has 0 saturated carbocycles. The summed E-state index contributed by atoms with van der Waals surface area (Å²) in [7, 11) is 3.77. The molecule has 1 N–H and O–H groups in total.